The average molecular weight is 270 g/mol. The maximum absolute atomic E-state index is 5.32. The molecule has 0 amide bonds. The lowest BCUT2D eigenvalue weighted by molar-refractivity contribution is 0.145. The van der Waals surface area contributed by atoms with Crippen LogP contribution in [-0.4, -0.2) is 63.3 Å². The van der Waals surface area contributed by atoms with Gasteiger partial charge >= 0.3 is 0 Å². The van der Waals surface area contributed by atoms with E-state index in [9.17, 15) is 0 Å². The molecule has 0 spiro atoms. The quantitative estimate of drug-likeness (QED) is 0.393. The van der Waals surface area contributed by atoms with E-state index in [2.05, 4.69) is 34.5 Å². The van der Waals surface area contributed by atoms with E-state index in [0.717, 1.165) is 45.2 Å². The summed E-state index contributed by atoms with van der Waals surface area (Å²) in [6.45, 7) is 9.63. The lowest BCUT2D eigenvalue weighted by Crippen LogP contribution is -2.39. The van der Waals surface area contributed by atoms with Gasteiger partial charge in [-0.05, 0) is 46.7 Å². The Morgan fingerprint density at radius 2 is 2.21 bits per heavy atom. The first kappa shape index (κ1) is 16.2. The topological polar surface area (TPSA) is 48.9 Å². The molecule has 5 nitrogen and oxygen atoms in total. The Morgan fingerprint density at radius 3 is 2.84 bits per heavy atom. The van der Waals surface area contributed by atoms with Crippen molar-refractivity contribution < 1.29 is 4.74 Å². The third kappa shape index (κ3) is 6.78. The molecule has 1 heterocycles. The number of likely N-dealkylation sites (tertiary alicyclic amines) is 1. The molecule has 0 bridgehead atoms. The van der Waals surface area contributed by atoms with Crippen molar-refractivity contribution in [3.8, 4) is 0 Å². The van der Waals surface area contributed by atoms with Crippen LogP contribution in [-0.2, 0) is 4.74 Å². The molecule has 1 rings (SSSR count). The largest absolute Gasteiger partial charge is 0.382 e. The first-order chi connectivity index (χ1) is 9.27. The summed E-state index contributed by atoms with van der Waals surface area (Å²) in [7, 11) is 2.19. The molecule has 5 heteroatoms. The molecule has 0 aliphatic carbocycles. The van der Waals surface area contributed by atoms with Crippen molar-refractivity contribution in [2.24, 2.45) is 4.99 Å². The molecule has 1 aliphatic heterocycles. The highest BCUT2D eigenvalue weighted by Crippen LogP contribution is 2.14. The summed E-state index contributed by atoms with van der Waals surface area (Å²) in [5, 5.41) is 6.65. The van der Waals surface area contributed by atoms with Crippen molar-refractivity contribution in [1.82, 2.24) is 15.5 Å². The summed E-state index contributed by atoms with van der Waals surface area (Å²) in [6.07, 6.45) is 3.58. The van der Waals surface area contributed by atoms with Crippen LogP contribution in [0.1, 0.15) is 33.1 Å². The number of guanidine groups is 1. The van der Waals surface area contributed by atoms with Gasteiger partial charge in [-0.1, -0.05) is 0 Å². The first-order valence-corrected chi connectivity index (χ1v) is 7.58. The van der Waals surface area contributed by atoms with Crippen LogP contribution in [0.3, 0.4) is 0 Å². The minimum atomic E-state index is 0.610. The van der Waals surface area contributed by atoms with Crippen molar-refractivity contribution in [1.29, 1.82) is 0 Å². The zero-order valence-electron chi connectivity index (χ0n) is 12.7. The number of ether oxygens (including phenoxy) is 1. The third-order valence-corrected chi connectivity index (χ3v) is 3.44. The summed E-state index contributed by atoms with van der Waals surface area (Å²) in [6, 6.07) is 0.610. The van der Waals surface area contributed by atoms with Crippen molar-refractivity contribution in [3.05, 3.63) is 0 Å². The molecule has 0 radical (unpaired) electrons. The van der Waals surface area contributed by atoms with Gasteiger partial charge in [0.2, 0.25) is 0 Å². The molecule has 0 aromatic rings. The zero-order chi connectivity index (χ0) is 13.9. The molecule has 0 aromatic carbocycles. The lowest BCUT2D eigenvalue weighted by Gasteiger charge is -2.18. The Kier molecular flexibility index (Phi) is 8.58. The Labute approximate surface area is 117 Å². The molecular formula is C14H30N4O. The summed E-state index contributed by atoms with van der Waals surface area (Å²) in [5.74, 6) is 0.930. The van der Waals surface area contributed by atoms with Crippen LogP contribution in [0.2, 0.25) is 0 Å². The van der Waals surface area contributed by atoms with Crippen molar-refractivity contribution in [2.45, 2.75) is 39.2 Å². The molecule has 1 aliphatic rings. The molecule has 1 atom stereocenters. The van der Waals surface area contributed by atoms with Crippen LogP contribution < -0.4 is 10.6 Å². The second kappa shape index (κ2) is 10.0. The SMILES string of the molecule is CCNC(=NCC1CCCN1C)NCCCOCC. The predicted octanol–water partition coefficient (Wildman–Crippen LogP) is 1.06. The van der Waals surface area contributed by atoms with E-state index < -0.39 is 0 Å². The number of aliphatic imine (C=N–C) groups is 1. The van der Waals surface area contributed by atoms with Crippen LogP contribution in [0.5, 0.6) is 0 Å². The summed E-state index contributed by atoms with van der Waals surface area (Å²) < 4.78 is 5.32. The smallest absolute Gasteiger partial charge is 0.191 e. The van der Waals surface area contributed by atoms with Crippen LogP contribution in [0.25, 0.3) is 0 Å². The number of rotatable bonds is 8. The normalized spacial score (nSPS) is 20.8. The van der Waals surface area contributed by atoms with Crippen LogP contribution >= 0.6 is 0 Å². The minimum absolute atomic E-state index is 0.610. The average Bonchev–Trinajstić information content (AvgIpc) is 2.81. The Morgan fingerprint density at radius 1 is 1.37 bits per heavy atom. The van der Waals surface area contributed by atoms with E-state index in [1.54, 1.807) is 0 Å². The fourth-order valence-electron chi connectivity index (χ4n) is 2.27. The third-order valence-electron chi connectivity index (χ3n) is 3.44. The van der Waals surface area contributed by atoms with Gasteiger partial charge in [-0.3, -0.25) is 4.99 Å². The molecule has 112 valence electrons. The molecular weight excluding hydrogens is 240 g/mol. The van der Waals surface area contributed by atoms with Gasteiger partial charge in [-0.15, -0.1) is 0 Å². The van der Waals surface area contributed by atoms with Crippen LogP contribution in [0.4, 0.5) is 0 Å². The highest BCUT2D eigenvalue weighted by Gasteiger charge is 2.20. The van der Waals surface area contributed by atoms with E-state index >= 15 is 0 Å². The van der Waals surface area contributed by atoms with Crippen molar-refractivity contribution in [2.75, 3.05) is 46.4 Å². The summed E-state index contributed by atoms with van der Waals surface area (Å²) in [4.78, 5) is 7.08. The highest BCUT2D eigenvalue weighted by atomic mass is 16.5. The predicted molar refractivity (Wildman–Crippen MR) is 80.7 cm³/mol. The number of nitrogens with one attached hydrogen (secondary N) is 2. The van der Waals surface area contributed by atoms with Gasteiger partial charge in [-0.2, -0.15) is 0 Å². The maximum atomic E-state index is 5.32. The maximum Gasteiger partial charge on any atom is 0.191 e. The van der Waals surface area contributed by atoms with Gasteiger partial charge in [0.1, 0.15) is 0 Å². The summed E-state index contributed by atoms with van der Waals surface area (Å²) >= 11 is 0. The molecule has 19 heavy (non-hydrogen) atoms. The standard InChI is InChI=1S/C14H30N4O/c1-4-15-14(16-9-7-11-19-5-2)17-12-13-8-6-10-18(13)3/h13H,4-12H2,1-3H3,(H2,15,16,17). The molecule has 1 saturated heterocycles. The number of likely N-dealkylation sites (N-methyl/N-ethyl adjacent to an activating group) is 1. The zero-order valence-corrected chi connectivity index (χ0v) is 12.7. The van der Waals surface area contributed by atoms with Gasteiger partial charge in [0.05, 0.1) is 6.54 Å². The highest BCUT2D eigenvalue weighted by molar-refractivity contribution is 5.79. The van der Waals surface area contributed by atoms with Gasteiger partial charge in [0.25, 0.3) is 0 Å². The number of hydrogen-bond donors (Lipinski definition) is 2. The summed E-state index contributed by atoms with van der Waals surface area (Å²) in [5.41, 5.74) is 0. The second-order valence-corrected chi connectivity index (χ2v) is 4.97. The molecule has 0 aromatic heterocycles. The van der Waals surface area contributed by atoms with E-state index in [4.69, 9.17) is 4.74 Å². The van der Waals surface area contributed by atoms with Gasteiger partial charge < -0.3 is 20.3 Å². The Hall–Kier alpha value is -0.810. The van der Waals surface area contributed by atoms with E-state index in [0.29, 0.717) is 6.04 Å². The fourth-order valence-corrected chi connectivity index (χ4v) is 2.27. The second-order valence-electron chi connectivity index (χ2n) is 4.97. The van der Waals surface area contributed by atoms with Crippen LogP contribution in [0, 0.1) is 0 Å². The molecule has 1 unspecified atom stereocenters. The molecule has 0 saturated carbocycles. The van der Waals surface area contributed by atoms with Gasteiger partial charge in [0.15, 0.2) is 5.96 Å². The van der Waals surface area contributed by atoms with E-state index in [1.165, 1.54) is 19.4 Å². The number of nitrogens with zero attached hydrogens (tertiary/aromatic N) is 2. The van der Waals surface area contributed by atoms with E-state index in [-0.39, 0.29) is 0 Å². The van der Waals surface area contributed by atoms with E-state index in [1.807, 2.05) is 6.92 Å². The number of hydrogen-bond acceptors (Lipinski definition) is 3. The fraction of sp³-hybridized carbons (Fsp3) is 0.929. The van der Waals surface area contributed by atoms with Gasteiger partial charge in [-0.25, -0.2) is 0 Å². The molecule has 2 N–H and O–H groups in total. The lowest BCUT2D eigenvalue weighted by atomic mass is 10.2. The van der Waals surface area contributed by atoms with Crippen LogP contribution in [0.15, 0.2) is 4.99 Å². The van der Waals surface area contributed by atoms with Gasteiger partial charge in [0, 0.05) is 32.3 Å². The Bertz CT molecular complexity index is 258. The molecule has 1 fully saturated rings. The van der Waals surface area contributed by atoms with Crippen molar-refractivity contribution in [3.63, 3.8) is 0 Å². The van der Waals surface area contributed by atoms with Crippen molar-refractivity contribution >= 4 is 5.96 Å². The minimum Gasteiger partial charge on any atom is -0.382 e. The first-order valence-electron chi connectivity index (χ1n) is 7.58. The Balaban J connectivity index is 2.25. The monoisotopic (exact) mass is 270 g/mol.